The Morgan fingerprint density at radius 3 is 2.47 bits per heavy atom. The summed E-state index contributed by atoms with van der Waals surface area (Å²) in [5.41, 5.74) is 5.58. The molecule has 6 heteroatoms. The zero-order valence-corrected chi connectivity index (χ0v) is 10.3. The van der Waals surface area contributed by atoms with Crippen LogP contribution in [0.5, 0.6) is 0 Å². The van der Waals surface area contributed by atoms with Crippen molar-refractivity contribution in [2.45, 2.75) is 0 Å². The Balaban J connectivity index is 2.94. The van der Waals surface area contributed by atoms with E-state index in [9.17, 15) is 4.79 Å². The van der Waals surface area contributed by atoms with Gasteiger partial charge in [0.15, 0.2) is 0 Å². The summed E-state index contributed by atoms with van der Waals surface area (Å²) in [6.07, 6.45) is 0. The molecular weight excluding hydrogens is 264 g/mol. The summed E-state index contributed by atoms with van der Waals surface area (Å²) in [7, 11) is 0. The first-order valence-electron chi connectivity index (χ1n) is 5.20. The predicted octanol–water partition coefficient (Wildman–Crippen LogP) is 2.02. The van der Waals surface area contributed by atoms with E-state index in [1.165, 1.54) is 0 Å². The van der Waals surface area contributed by atoms with E-state index in [-0.39, 0.29) is 22.5 Å². The van der Waals surface area contributed by atoms with Crippen molar-refractivity contribution < 1.29 is 0 Å². The monoisotopic (exact) mass is 270 g/mol. The van der Waals surface area contributed by atoms with Crippen LogP contribution in [0.25, 0.3) is 11.1 Å². The van der Waals surface area contributed by atoms with Crippen molar-refractivity contribution in [3.63, 3.8) is 0 Å². The molecule has 0 saturated carbocycles. The van der Waals surface area contributed by atoms with Crippen LogP contribution in [0.15, 0.2) is 29.1 Å². The van der Waals surface area contributed by atoms with Crippen molar-refractivity contribution in [1.82, 2.24) is 4.98 Å². The fourth-order valence-electron chi connectivity index (χ4n) is 1.78. The molecule has 3 N–H and O–H groups in total. The van der Waals surface area contributed by atoms with E-state index in [0.717, 1.165) is 0 Å². The van der Waals surface area contributed by atoms with Crippen molar-refractivity contribution in [1.29, 1.82) is 10.5 Å². The maximum Gasteiger partial charge on any atom is 0.268 e. The molecule has 0 amide bonds. The standard InChI is InChI=1S/C13H7ClN4O/c14-8-3-1-2-7(4-8)11-9(5-15)12(17)18-13(19)10(11)6-16/h1-4H,(H3,17,18,19). The van der Waals surface area contributed by atoms with E-state index < -0.39 is 5.56 Å². The molecule has 0 aliphatic heterocycles. The van der Waals surface area contributed by atoms with Crippen LogP contribution in [0.2, 0.25) is 5.02 Å². The number of nitriles is 2. The molecule has 92 valence electrons. The maximum atomic E-state index is 11.7. The molecule has 0 atom stereocenters. The number of halogens is 1. The highest BCUT2D eigenvalue weighted by molar-refractivity contribution is 6.30. The quantitative estimate of drug-likeness (QED) is 0.826. The lowest BCUT2D eigenvalue weighted by atomic mass is 9.97. The molecule has 0 aliphatic carbocycles. The normalized spacial score (nSPS) is 9.63. The van der Waals surface area contributed by atoms with Gasteiger partial charge in [-0.1, -0.05) is 23.7 Å². The summed E-state index contributed by atoms with van der Waals surface area (Å²) in [6, 6.07) is 10.2. The highest BCUT2D eigenvalue weighted by Gasteiger charge is 2.17. The van der Waals surface area contributed by atoms with Gasteiger partial charge in [0, 0.05) is 10.6 Å². The average Bonchev–Trinajstić information content (AvgIpc) is 2.38. The predicted molar refractivity (Wildman–Crippen MR) is 71.4 cm³/mol. The highest BCUT2D eigenvalue weighted by atomic mass is 35.5. The van der Waals surface area contributed by atoms with Gasteiger partial charge in [-0.2, -0.15) is 10.5 Å². The minimum atomic E-state index is -0.631. The number of rotatable bonds is 1. The SMILES string of the molecule is N#Cc1c(N)[nH]c(=O)c(C#N)c1-c1cccc(Cl)c1. The van der Waals surface area contributed by atoms with Gasteiger partial charge in [-0.25, -0.2) is 0 Å². The number of nitrogens with two attached hydrogens (primary N) is 1. The van der Waals surface area contributed by atoms with Gasteiger partial charge in [0.2, 0.25) is 0 Å². The van der Waals surface area contributed by atoms with Gasteiger partial charge in [-0.05, 0) is 17.7 Å². The molecule has 2 aromatic rings. The van der Waals surface area contributed by atoms with E-state index in [0.29, 0.717) is 10.6 Å². The van der Waals surface area contributed by atoms with Crippen LogP contribution in [-0.2, 0) is 0 Å². The average molecular weight is 271 g/mol. The van der Waals surface area contributed by atoms with Gasteiger partial charge in [-0.3, -0.25) is 4.79 Å². The Bertz CT molecular complexity index is 796. The number of anilines is 1. The van der Waals surface area contributed by atoms with Crippen molar-refractivity contribution in [2.75, 3.05) is 5.73 Å². The van der Waals surface area contributed by atoms with Gasteiger partial charge < -0.3 is 10.7 Å². The number of nitrogens with one attached hydrogen (secondary N) is 1. The third-order valence-electron chi connectivity index (χ3n) is 2.58. The minimum absolute atomic E-state index is 0.0541. The molecule has 1 aromatic heterocycles. The first-order chi connectivity index (χ1) is 9.08. The molecule has 0 fully saturated rings. The van der Waals surface area contributed by atoms with Crippen LogP contribution >= 0.6 is 11.6 Å². The van der Waals surface area contributed by atoms with Crippen LogP contribution in [0.3, 0.4) is 0 Å². The highest BCUT2D eigenvalue weighted by Crippen LogP contribution is 2.29. The molecule has 19 heavy (non-hydrogen) atoms. The Hall–Kier alpha value is -2.76. The summed E-state index contributed by atoms with van der Waals surface area (Å²) >= 11 is 5.88. The van der Waals surface area contributed by atoms with E-state index in [1.54, 1.807) is 30.3 Å². The zero-order chi connectivity index (χ0) is 14.0. The number of nitrogen functional groups attached to an aromatic ring is 1. The summed E-state index contributed by atoms with van der Waals surface area (Å²) in [5.74, 6) is -0.0681. The molecule has 0 bridgehead atoms. The molecule has 5 nitrogen and oxygen atoms in total. The number of aromatic nitrogens is 1. The second-order valence-electron chi connectivity index (χ2n) is 3.73. The third-order valence-corrected chi connectivity index (χ3v) is 2.82. The number of hydrogen-bond acceptors (Lipinski definition) is 4. The maximum absolute atomic E-state index is 11.7. The van der Waals surface area contributed by atoms with Crippen LogP contribution in [0, 0.1) is 22.7 Å². The topological polar surface area (TPSA) is 106 Å². The van der Waals surface area contributed by atoms with Crippen molar-refractivity contribution >= 4 is 17.4 Å². The number of benzene rings is 1. The first kappa shape index (κ1) is 12.7. The fourth-order valence-corrected chi connectivity index (χ4v) is 1.97. The number of aromatic amines is 1. The van der Waals surface area contributed by atoms with E-state index in [1.807, 2.05) is 6.07 Å². The van der Waals surface area contributed by atoms with E-state index in [2.05, 4.69) is 4.98 Å². The first-order valence-corrected chi connectivity index (χ1v) is 5.58. The number of H-pyrrole nitrogens is 1. The van der Waals surface area contributed by atoms with Gasteiger partial charge in [0.05, 0.1) is 0 Å². The molecule has 1 aromatic carbocycles. The molecule has 0 radical (unpaired) electrons. The zero-order valence-electron chi connectivity index (χ0n) is 9.57. The van der Waals surface area contributed by atoms with Crippen molar-refractivity contribution in [2.24, 2.45) is 0 Å². The van der Waals surface area contributed by atoms with Gasteiger partial charge in [0.25, 0.3) is 5.56 Å². The van der Waals surface area contributed by atoms with Gasteiger partial charge in [-0.15, -0.1) is 0 Å². The lowest BCUT2D eigenvalue weighted by Gasteiger charge is -2.08. The Kier molecular flexibility index (Phi) is 3.24. The smallest absolute Gasteiger partial charge is 0.268 e. The van der Waals surface area contributed by atoms with Gasteiger partial charge >= 0.3 is 0 Å². The molecule has 2 rings (SSSR count). The van der Waals surface area contributed by atoms with Crippen LogP contribution in [-0.4, -0.2) is 4.98 Å². The Morgan fingerprint density at radius 2 is 1.89 bits per heavy atom. The van der Waals surface area contributed by atoms with Crippen molar-refractivity contribution in [3.05, 3.63) is 50.8 Å². The summed E-state index contributed by atoms with van der Waals surface area (Å²) in [6.45, 7) is 0. The lowest BCUT2D eigenvalue weighted by molar-refractivity contribution is 1.21. The molecule has 1 heterocycles. The molecule has 0 spiro atoms. The second kappa shape index (κ2) is 4.85. The molecule has 0 aliphatic rings. The van der Waals surface area contributed by atoms with Crippen LogP contribution in [0.4, 0.5) is 5.82 Å². The Morgan fingerprint density at radius 1 is 1.21 bits per heavy atom. The number of nitrogens with zero attached hydrogens (tertiary/aromatic N) is 2. The number of hydrogen-bond donors (Lipinski definition) is 2. The summed E-state index contributed by atoms with van der Waals surface area (Å²) in [4.78, 5) is 14.0. The molecule has 0 unspecified atom stereocenters. The lowest BCUT2D eigenvalue weighted by Crippen LogP contribution is -2.16. The summed E-state index contributed by atoms with van der Waals surface area (Å²) in [5, 5.41) is 18.7. The van der Waals surface area contributed by atoms with Crippen molar-refractivity contribution in [3.8, 4) is 23.3 Å². The second-order valence-corrected chi connectivity index (χ2v) is 4.16. The van der Waals surface area contributed by atoms with E-state index >= 15 is 0 Å². The third kappa shape index (κ3) is 2.15. The van der Waals surface area contributed by atoms with E-state index in [4.69, 9.17) is 27.9 Å². The fraction of sp³-hybridized carbons (Fsp3) is 0. The van der Waals surface area contributed by atoms with Crippen LogP contribution in [0.1, 0.15) is 11.1 Å². The van der Waals surface area contributed by atoms with Crippen LogP contribution < -0.4 is 11.3 Å². The van der Waals surface area contributed by atoms with Gasteiger partial charge in [0.1, 0.15) is 29.1 Å². The summed E-state index contributed by atoms with van der Waals surface area (Å²) < 4.78 is 0. The number of pyridine rings is 1. The minimum Gasteiger partial charge on any atom is -0.384 e. The Labute approximate surface area is 113 Å². The molecule has 0 saturated heterocycles. The molecular formula is C13H7ClN4O. The largest absolute Gasteiger partial charge is 0.384 e.